The van der Waals surface area contributed by atoms with Crippen molar-refractivity contribution in [2.45, 2.75) is 6.92 Å². The van der Waals surface area contributed by atoms with Gasteiger partial charge >= 0.3 is 5.97 Å². The number of esters is 1. The number of nitrogen functional groups attached to an aromatic ring is 1. The van der Waals surface area contributed by atoms with Crippen molar-refractivity contribution in [2.75, 3.05) is 32.7 Å². The second-order valence-corrected chi connectivity index (χ2v) is 3.29. The van der Waals surface area contributed by atoms with E-state index < -0.39 is 5.97 Å². The lowest BCUT2D eigenvalue weighted by molar-refractivity contribution is 0.0520. The molecule has 0 atom stereocenters. The number of methoxy groups -OCH3 is 1. The summed E-state index contributed by atoms with van der Waals surface area (Å²) < 4.78 is 15.2. The van der Waals surface area contributed by atoms with Gasteiger partial charge in [0.25, 0.3) is 0 Å². The van der Waals surface area contributed by atoms with Crippen LogP contribution in [-0.4, -0.2) is 32.9 Å². The summed E-state index contributed by atoms with van der Waals surface area (Å²) in [6.07, 6.45) is 0. The Balaban J connectivity index is 2.87. The van der Waals surface area contributed by atoms with Crippen molar-refractivity contribution in [3.05, 3.63) is 23.8 Å². The molecule has 0 saturated carbocycles. The summed E-state index contributed by atoms with van der Waals surface area (Å²) in [5, 5.41) is 0. The first kappa shape index (κ1) is 13.3. The average Bonchev–Trinajstić information content (AvgIpc) is 2.31. The monoisotopic (exact) mass is 239 g/mol. The molecule has 17 heavy (non-hydrogen) atoms. The second kappa shape index (κ2) is 6.75. The fourth-order valence-electron chi connectivity index (χ4n) is 1.31. The molecule has 2 N–H and O–H groups in total. The van der Waals surface area contributed by atoms with Crippen LogP contribution in [0.1, 0.15) is 17.3 Å². The van der Waals surface area contributed by atoms with Gasteiger partial charge in [0.1, 0.15) is 12.2 Å². The molecule has 0 aliphatic rings. The minimum absolute atomic E-state index is 0.311. The van der Waals surface area contributed by atoms with Crippen molar-refractivity contribution >= 4 is 11.7 Å². The van der Waals surface area contributed by atoms with Gasteiger partial charge in [-0.2, -0.15) is 0 Å². The standard InChI is InChI=1S/C12H17NO4/c1-3-16-12(14)9-5-4-6-10(13)11(9)17-8-7-15-2/h4-6H,3,7-8,13H2,1-2H3. The van der Waals surface area contributed by atoms with Crippen LogP contribution in [0.25, 0.3) is 0 Å². The van der Waals surface area contributed by atoms with Gasteiger partial charge in [-0.1, -0.05) is 6.07 Å². The van der Waals surface area contributed by atoms with E-state index in [-0.39, 0.29) is 0 Å². The number of anilines is 1. The van der Waals surface area contributed by atoms with Gasteiger partial charge in [-0.3, -0.25) is 0 Å². The first-order valence-corrected chi connectivity index (χ1v) is 5.38. The first-order valence-electron chi connectivity index (χ1n) is 5.38. The molecule has 0 spiro atoms. The molecule has 5 nitrogen and oxygen atoms in total. The molecule has 0 unspecified atom stereocenters. The molecule has 94 valence electrons. The molecular weight excluding hydrogens is 222 g/mol. The van der Waals surface area contributed by atoms with E-state index in [1.165, 1.54) is 0 Å². The van der Waals surface area contributed by atoms with E-state index in [2.05, 4.69) is 0 Å². The number of benzene rings is 1. The quantitative estimate of drug-likeness (QED) is 0.462. The van der Waals surface area contributed by atoms with Crippen molar-refractivity contribution in [2.24, 2.45) is 0 Å². The number of carbonyl (C=O) groups excluding carboxylic acids is 1. The molecule has 1 aromatic carbocycles. The maximum atomic E-state index is 11.7. The van der Waals surface area contributed by atoms with Crippen molar-refractivity contribution < 1.29 is 19.0 Å². The van der Waals surface area contributed by atoms with Crippen LogP contribution in [0.3, 0.4) is 0 Å². The van der Waals surface area contributed by atoms with Gasteiger partial charge in [0.05, 0.1) is 18.9 Å². The summed E-state index contributed by atoms with van der Waals surface area (Å²) in [5.41, 5.74) is 6.51. The van der Waals surface area contributed by atoms with Gasteiger partial charge in [0.15, 0.2) is 5.75 Å². The molecule has 0 heterocycles. The second-order valence-electron chi connectivity index (χ2n) is 3.29. The zero-order chi connectivity index (χ0) is 12.7. The maximum absolute atomic E-state index is 11.7. The van der Waals surface area contributed by atoms with E-state index in [0.717, 1.165) is 0 Å². The van der Waals surface area contributed by atoms with Crippen LogP contribution in [0.15, 0.2) is 18.2 Å². The zero-order valence-electron chi connectivity index (χ0n) is 10.1. The molecule has 0 aliphatic carbocycles. The minimum Gasteiger partial charge on any atom is -0.488 e. The predicted octanol–water partition coefficient (Wildman–Crippen LogP) is 1.47. The van der Waals surface area contributed by atoms with Crippen LogP contribution in [0, 0.1) is 0 Å². The van der Waals surface area contributed by atoms with E-state index in [0.29, 0.717) is 36.8 Å². The van der Waals surface area contributed by atoms with Crippen LogP contribution >= 0.6 is 0 Å². The van der Waals surface area contributed by atoms with Crippen LogP contribution in [0.5, 0.6) is 5.75 Å². The third kappa shape index (κ3) is 3.64. The Hall–Kier alpha value is -1.75. The highest BCUT2D eigenvalue weighted by atomic mass is 16.5. The Labute approximate surface area is 100 Å². The normalized spacial score (nSPS) is 10.0. The van der Waals surface area contributed by atoms with Crippen LogP contribution in [0.4, 0.5) is 5.69 Å². The van der Waals surface area contributed by atoms with E-state index in [1.807, 2.05) is 0 Å². The van der Waals surface area contributed by atoms with E-state index in [9.17, 15) is 4.79 Å². The SMILES string of the molecule is CCOC(=O)c1cccc(N)c1OCCOC. The molecular formula is C12H17NO4. The lowest BCUT2D eigenvalue weighted by atomic mass is 10.2. The van der Waals surface area contributed by atoms with Gasteiger partial charge in [0.2, 0.25) is 0 Å². The smallest absolute Gasteiger partial charge is 0.341 e. The average molecular weight is 239 g/mol. The summed E-state index contributed by atoms with van der Waals surface area (Å²) in [6.45, 7) is 2.81. The van der Waals surface area contributed by atoms with Gasteiger partial charge < -0.3 is 19.9 Å². The molecule has 1 rings (SSSR count). The Kier molecular flexibility index (Phi) is 5.29. The summed E-state index contributed by atoms with van der Waals surface area (Å²) in [4.78, 5) is 11.7. The van der Waals surface area contributed by atoms with Crippen LogP contribution in [-0.2, 0) is 9.47 Å². The summed E-state index contributed by atoms with van der Waals surface area (Å²) in [6, 6.07) is 4.98. The van der Waals surface area contributed by atoms with Crippen molar-refractivity contribution in [1.29, 1.82) is 0 Å². The molecule has 0 amide bonds. The van der Waals surface area contributed by atoms with Crippen LogP contribution in [0.2, 0.25) is 0 Å². The van der Waals surface area contributed by atoms with E-state index in [1.54, 1.807) is 32.2 Å². The predicted molar refractivity (Wildman–Crippen MR) is 64.2 cm³/mol. The number of rotatable bonds is 6. The summed E-state index contributed by atoms with van der Waals surface area (Å²) >= 11 is 0. The van der Waals surface area contributed by atoms with Crippen molar-refractivity contribution in [3.8, 4) is 5.75 Å². The van der Waals surface area contributed by atoms with Crippen LogP contribution < -0.4 is 10.5 Å². The highest BCUT2D eigenvalue weighted by molar-refractivity contribution is 5.94. The molecule has 0 aliphatic heterocycles. The molecule has 0 saturated heterocycles. The van der Waals surface area contributed by atoms with Gasteiger partial charge in [-0.05, 0) is 19.1 Å². The lowest BCUT2D eigenvalue weighted by Gasteiger charge is -2.12. The fraction of sp³-hybridized carbons (Fsp3) is 0.417. The largest absolute Gasteiger partial charge is 0.488 e. The highest BCUT2D eigenvalue weighted by Crippen LogP contribution is 2.26. The fourth-order valence-corrected chi connectivity index (χ4v) is 1.31. The molecule has 0 fully saturated rings. The third-order valence-electron chi connectivity index (χ3n) is 2.07. The third-order valence-corrected chi connectivity index (χ3v) is 2.07. The molecule has 1 aromatic rings. The number of hydrogen-bond acceptors (Lipinski definition) is 5. The number of para-hydroxylation sites is 1. The summed E-state index contributed by atoms with van der Waals surface area (Å²) in [7, 11) is 1.57. The highest BCUT2D eigenvalue weighted by Gasteiger charge is 2.15. The maximum Gasteiger partial charge on any atom is 0.341 e. The van der Waals surface area contributed by atoms with Crippen molar-refractivity contribution in [1.82, 2.24) is 0 Å². The Bertz CT molecular complexity index is 379. The van der Waals surface area contributed by atoms with E-state index >= 15 is 0 Å². The number of ether oxygens (including phenoxy) is 3. The number of hydrogen-bond donors (Lipinski definition) is 1. The topological polar surface area (TPSA) is 70.8 Å². The van der Waals surface area contributed by atoms with Gasteiger partial charge in [-0.15, -0.1) is 0 Å². The number of nitrogens with two attached hydrogens (primary N) is 1. The minimum atomic E-state index is -0.438. The lowest BCUT2D eigenvalue weighted by Crippen LogP contribution is -2.12. The van der Waals surface area contributed by atoms with E-state index in [4.69, 9.17) is 19.9 Å². The Morgan fingerprint density at radius 1 is 1.35 bits per heavy atom. The molecule has 0 radical (unpaired) electrons. The zero-order valence-corrected chi connectivity index (χ0v) is 10.1. The van der Waals surface area contributed by atoms with Gasteiger partial charge in [0, 0.05) is 7.11 Å². The molecule has 5 heteroatoms. The van der Waals surface area contributed by atoms with Crippen molar-refractivity contribution in [3.63, 3.8) is 0 Å². The summed E-state index contributed by atoms with van der Waals surface area (Å²) in [5.74, 6) is -0.0878. The molecule has 0 bridgehead atoms. The van der Waals surface area contributed by atoms with Gasteiger partial charge in [-0.25, -0.2) is 4.79 Å². The Morgan fingerprint density at radius 3 is 2.76 bits per heavy atom. The molecule has 0 aromatic heterocycles. The first-order chi connectivity index (χ1) is 8.20. The Morgan fingerprint density at radius 2 is 2.12 bits per heavy atom. The number of carbonyl (C=O) groups is 1.